The molecular weight excluding hydrogens is 260 g/mol. The van der Waals surface area contributed by atoms with E-state index in [0.29, 0.717) is 6.04 Å². The van der Waals surface area contributed by atoms with Gasteiger partial charge in [-0.2, -0.15) is 0 Å². The number of carbonyl (C=O) groups is 1. The van der Waals surface area contributed by atoms with Gasteiger partial charge in [-0.25, -0.2) is 9.78 Å². The van der Waals surface area contributed by atoms with Crippen molar-refractivity contribution in [3.8, 4) is 0 Å². The largest absolute Gasteiger partial charge is 0.346 e. The molecule has 1 aromatic rings. The number of hydrogen-bond donors (Lipinski definition) is 1. The number of carbonyl (C=O) groups excluding carboxylic acids is 1. The maximum absolute atomic E-state index is 12.0. The molecular formula is C13H20N4OS. The van der Waals surface area contributed by atoms with Crippen LogP contribution in [0.5, 0.6) is 0 Å². The van der Waals surface area contributed by atoms with Crippen molar-refractivity contribution in [3.63, 3.8) is 0 Å². The summed E-state index contributed by atoms with van der Waals surface area (Å²) < 4.78 is 0. The summed E-state index contributed by atoms with van der Waals surface area (Å²) in [6.07, 6.45) is 3.30. The van der Waals surface area contributed by atoms with Crippen molar-refractivity contribution in [3.05, 3.63) is 11.1 Å². The minimum absolute atomic E-state index is 0.111. The van der Waals surface area contributed by atoms with E-state index in [1.807, 2.05) is 11.8 Å². The highest BCUT2D eigenvalue weighted by Crippen LogP contribution is 2.22. The second-order valence-corrected chi connectivity index (χ2v) is 6.16. The van der Waals surface area contributed by atoms with Gasteiger partial charge in [0.1, 0.15) is 0 Å². The third kappa shape index (κ3) is 3.18. The summed E-state index contributed by atoms with van der Waals surface area (Å²) in [5.74, 6) is 0. The predicted molar refractivity (Wildman–Crippen MR) is 76.8 cm³/mol. The lowest BCUT2D eigenvalue weighted by Gasteiger charge is -2.22. The number of aromatic nitrogens is 1. The predicted octanol–water partition coefficient (Wildman–Crippen LogP) is 1.84. The zero-order chi connectivity index (χ0) is 13.2. The number of nitrogens with zero attached hydrogens (tertiary/aromatic N) is 3. The number of urea groups is 1. The van der Waals surface area contributed by atoms with Crippen LogP contribution in [0.25, 0.3) is 0 Å². The fourth-order valence-electron chi connectivity index (χ4n) is 2.29. The first kappa shape index (κ1) is 12.7. The molecule has 1 N–H and O–H groups in total. The Bertz CT molecular complexity index is 457. The Balaban J connectivity index is 1.57. The molecule has 1 aromatic heterocycles. The van der Waals surface area contributed by atoms with Crippen molar-refractivity contribution in [2.45, 2.75) is 32.2 Å². The van der Waals surface area contributed by atoms with Gasteiger partial charge in [-0.3, -0.25) is 0 Å². The highest BCUT2D eigenvalue weighted by atomic mass is 32.1. The van der Waals surface area contributed by atoms with Crippen molar-refractivity contribution in [1.82, 2.24) is 15.2 Å². The average Bonchev–Trinajstić information content (AvgIpc) is 3.14. The van der Waals surface area contributed by atoms with E-state index < -0.39 is 0 Å². The van der Waals surface area contributed by atoms with Gasteiger partial charge in [0.15, 0.2) is 5.13 Å². The molecule has 0 bridgehead atoms. The summed E-state index contributed by atoms with van der Waals surface area (Å²) in [4.78, 5) is 20.8. The molecule has 2 heterocycles. The molecule has 0 atom stereocenters. The third-order valence-electron chi connectivity index (χ3n) is 3.57. The monoisotopic (exact) mass is 280 g/mol. The SMILES string of the molecule is Cc1csc(N2CCCN(C(=O)NC3CC3)CC2)n1. The lowest BCUT2D eigenvalue weighted by molar-refractivity contribution is 0.201. The molecule has 1 saturated heterocycles. The highest BCUT2D eigenvalue weighted by molar-refractivity contribution is 7.13. The van der Waals surface area contributed by atoms with Gasteiger partial charge >= 0.3 is 6.03 Å². The molecule has 0 radical (unpaired) electrons. The summed E-state index contributed by atoms with van der Waals surface area (Å²) >= 11 is 1.69. The summed E-state index contributed by atoms with van der Waals surface area (Å²) in [6, 6.07) is 0.549. The van der Waals surface area contributed by atoms with Crippen LogP contribution in [0.3, 0.4) is 0 Å². The van der Waals surface area contributed by atoms with Crippen molar-refractivity contribution in [2.24, 2.45) is 0 Å². The molecule has 2 amide bonds. The zero-order valence-electron chi connectivity index (χ0n) is 11.3. The van der Waals surface area contributed by atoms with Gasteiger partial charge in [0.05, 0.1) is 5.69 Å². The lowest BCUT2D eigenvalue weighted by Crippen LogP contribution is -2.42. The molecule has 0 spiro atoms. The van der Waals surface area contributed by atoms with Gasteiger partial charge in [-0.1, -0.05) is 0 Å². The Morgan fingerprint density at radius 3 is 2.89 bits per heavy atom. The summed E-state index contributed by atoms with van der Waals surface area (Å²) in [5.41, 5.74) is 1.08. The van der Waals surface area contributed by atoms with Gasteiger partial charge in [0.25, 0.3) is 0 Å². The quantitative estimate of drug-likeness (QED) is 0.899. The summed E-state index contributed by atoms with van der Waals surface area (Å²) in [6.45, 7) is 5.52. The number of rotatable bonds is 2. The van der Waals surface area contributed by atoms with E-state index in [2.05, 4.69) is 20.6 Å². The molecule has 0 unspecified atom stereocenters. The van der Waals surface area contributed by atoms with Crippen molar-refractivity contribution < 1.29 is 4.79 Å². The average molecular weight is 280 g/mol. The van der Waals surface area contributed by atoms with Gasteiger partial charge < -0.3 is 15.1 Å². The van der Waals surface area contributed by atoms with Crippen LogP contribution in [0.15, 0.2) is 5.38 Å². The second kappa shape index (κ2) is 5.36. The molecule has 1 aliphatic carbocycles. The van der Waals surface area contributed by atoms with Gasteiger partial charge in [0.2, 0.25) is 0 Å². The fourth-order valence-corrected chi connectivity index (χ4v) is 3.15. The molecule has 3 rings (SSSR count). The number of nitrogens with one attached hydrogen (secondary N) is 1. The smallest absolute Gasteiger partial charge is 0.317 e. The minimum atomic E-state index is 0.111. The molecule has 0 aromatic carbocycles. The van der Waals surface area contributed by atoms with Crippen LogP contribution in [0.4, 0.5) is 9.93 Å². The summed E-state index contributed by atoms with van der Waals surface area (Å²) in [5, 5.41) is 6.23. The first-order chi connectivity index (χ1) is 9.22. The van der Waals surface area contributed by atoms with Crippen LogP contribution >= 0.6 is 11.3 Å². The molecule has 104 valence electrons. The fraction of sp³-hybridized carbons (Fsp3) is 0.692. The maximum Gasteiger partial charge on any atom is 0.317 e. The molecule has 2 aliphatic rings. The molecule has 1 saturated carbocycles. The normalized spacial score (nSPS) is 20.3. The van der Waals surface area contributed by atoms with Crippen molar-refractivity contribution >= 4 is 22.5 Å². The number of thiazole rings is 1. The second-order valence-electron chi connectivity index (χ2n) is 5.32. The highest BCUT2D eigenvalue weighted by Gasteiger charge is 2.27. The topological polar surface area (TPSA) is 48.5 Å². The van der Waals surface area contributed by atoms with E-state index in [9.17, 15) is 4.79 Å². The third-order valence-corrected chi connectivity index (χ3v) is 4.58. The van der Waals surface area contributed by atoms with Crippen molar-refractivity contribution in [1.29, 1.82) is 0 Å². The van der Waals surface area contributed by atoms with Crippen LogP contribution in [0, 0.1) is 6.92 Å². The molecule has 2 fully saturated rings. The van der Waals surface area contributed by atoms with E-state index in [4.69, 9.17) is 0 Å². The van der Waals surface area contributed by atoms with Gasteiger partial charge in [-0.05, 0) is 26.2 Å². The standard InChI is InChI=1S/C13H20N4OS/c1-10-9-19-13(14-10)17-6-2-5-16(7-8-17)12(18)15-11-3-4-11/h9,11H,2-8H2,1H3,(H,15,18). The van der Waals surface area contributed by atoms with E-state index in [1.165, 1.54) is 0 Å². The molecule has 19 heavy (non-hydrogen) atoms. The zero-order valence-corrected chi connectivity index (χ0v) is 12.1. The van der Waals surface area contributed by atoms with Crippen molar-refractivity contribution in [2.75, 3.05) is 31.1 Å². The van der Waals surface area contributed by atoms with E-state index in [0.717, 1.165) is 56.3 Å². The minimum Gasteiger partial charge on any atom is -0.346 e. The number of aryl methyl sites for hydroxylation is 1. The summed E-state index contributed by atoms with van der Waals surface area (Å²) in [7, 11) is 0. The van der Waals surface area contributed by atoms with Crippen LogP contribution in [-0.2, 0) is 0 Å². The Hall–Kier alpha value is -1.30. The first-order valence-corrected chi connectivity index (χ1v) is 7.83. The van der Waals surface area contributed by atoms with E-state index >= 15 is 0 Å². The number of anilines is 1. The number of amides is 2. The van der Waals surface area contributed by atoms with Crippen LogP contribution < -0.4 is 10.2 Å². The number of hydrogen-bond acceptors (Lipinski definition) is 4. The van der Waals surface area contributed by atoms with Crippen LogP contribution in [0.1, 0.15) is 25.0 Å². The Kier molecular flexibility index (Phi) is 3.59. The van der Waals surface area contributed by atoms with Gasteiger partial charge in [-0.15, -0.1) is 11.3 Å². The van der Waals surface area contributed by atoms with E-state index in [-0.39, 0.29) is 6.03 Å². The molecule has 5 nitrogen and oxygen atoms in total. The lowest BCUT2D eigenvalue weighted by atomic mass is 10.4. The first-order valence-electron chi connectivity index (χ1n) is 6.95. The maximum atomic E-state index is 12.0. The van der Waals surface area contributed by atoms with Crippen LogP contribution in [0.2, 0.25) is 0 Å². The van der Waals surface area contributed by atoms with E-state index in [1.54, 1.807) is 11.3 Å². The molecule has 1 aliphatic heterocycles. The Morgan fingerprint density at radius 1 is 1.37 bits per heavy atom. The van der Waals surface area contributed by atoms with Crippen LogP contribution in [-0.4, -0.2) is 48.1 Å². The Labute approximate surface area is 117 Å². The van der Waals surface area contributed by atoms with Gasteiger partial charge in [0, 0.05) is 37.6 Å². The molecule has 6 heteroatoms. The Morgan fingerprint density at radius 2 is 2.21 bits per heavy atom.